The van der Waals surface area contributed by atoms with Crippen molar-refractivity contribution in [3.05, 3.63) is 28.7 Å². The number of hydrogen-bond donors (Lipinski definition) is 1. The van der Waals surface area contributed by atoms with Crippen molar-refractivity contribution in [2.24, 2.45) is 7.05 Å². The topological polar surface area (TPSA) is 128 Å². The Bertz CT molecular complexity index is 1150. The first-order valence-corrected chi connectivity index (χ1v) is 11.9. The molecule has 0 bridgehead atoms. The van der Waals surface area contributed by atoms with E-state index in [2.05, 4.69) is 4.72 Å². The molecule has 0 spiro atoms. The van der Waals surface area contributed by atoms with Crippen molar-refractivity contribution in [3.8, 4) is 0 Å². The highest BCUT2D eigenvalue weighted by atomic mass is 32.2. The standard InChI is InChI=1S/C16H23N3O7S2/c1-18-13-5-4-12(10-14(13)26-15(18)20)28(23,24)19-8-6-16(11-19,7-9-25-2)17-27(3,21)22/h4-5,10,17H,6-9,11H2,1-3H3. The van der Waals surface area contributed by atoms with Gasteiger partial charge in [-0.3, -0.25) is 4.57 Å². The number of methoxy groups -OCH3 is 1. The lowest BCUT2D eigenvalue weighted by Gasteiger charge is -2.29. The number of aryl methyl sites for hydroxylation is 1. The Morgan fingerprint density at radius 1 is 1.29 bits per heavy atom. The molecule has 1 aromatic heterocycles. The summed E-state index contributed by atoms with van der Waals surface area (Å²) in [4.78, 5) is 11.6. The van der Waals surface area contributed by atoms with E-state index in [9.17, 15) is 21.6 Å². The fourth-order valence-electron chi connectivity index (χ4n) is 3.49. The van der Waals surface area contributed by atoms with E-state index >= 15 is 0 Å². The van der Waals surface area contributed by atoms with Gasteiger partial charge in [0.05, 0.1) is 16.7 Å². The van der Waals surface area contributed by atoms with Crippen LogP contribution >= 0.6 is 0 Å². The number of hydrogen-bond acceptors (Lipinski definition) is 7. The van der Waals surface area contributed by atoms with Crippen LogP contribution in [0.2, 0.25) is 0 Å². The van der Waals surface area contributed by atoms with E-state index in [1.807, 2.05) is 0 Å². The Hall–Kier alpha value is -1.73. The number of nitrogens with one attached hydrogen (secondary N) is 1. The summed E-state index contributed by atoms with van der Waals surface area (Å²) in [7, 11) is -4.41. The largest absolute Gasteiger partial charge is 0.419 e. The van der Waals surface area contributed by atoms with E-state index < -0.39 is 31.3 Å². The third-order valence-corrected chi connectivity index (χ3v) is 7.55. The minimum Gasteiger partial charge on any atom is -0.408 e. The minimum atomic E-state index is -3.90. The summed E-state index contributed by atoms with van der Waals surface area (Å²) in [6, 6.07) is 4.23. The average molecular weight is 434 g/mol. The van der Waals surface area contributed by atoms with Crippen LogP contribution in [0.5, 0.6) is 0 Å². The van der Waals surface area contributed by atoms with E-state index in [4.69, 9.17) is 9.15 Å². The molecule has 1 aliphatic rings. The van der Waals surface area contributed by atoms with Crippen molar-refractivity contribution in [1.82, 2.24) is 13.6 Å². The number of ether oxygens (including phenoxy) is 1. The normalized spacial score (nSPS) is 21.5. The Morgan fingerprint density at radius 2 is 2.00 bits per heavy atom. The first-order valence-electron chi connectivity index (χ1n) is 8.55. The second-order valence-electron chi connectivity index (χ2n) is 7.04. The molecule has 1 atom stereocenters. The molecule has 1 saturated heterocycles. The summed E-state index contributed by atoms with van der Waals surface area (Å²) in [6.45, 7) is 0.436. The lowest BCUT2D eigenvalue weighted by Crippen LogP contribution is -2.51. The van der Waals surface area contributed by atoms with Crippen LogP contribution < -0.4 is 10.5 Å². The van der Waals surface area contributed by atoms with Crippen LogP contribution in [-0.4, -0.2) is 64.3 Å². The number of benzene rings is 1. The SMILES string of the molecule is COCCC1(NS(C)(=O)=O)CCN(S(=O)(=O)c2ccc3c(c2)oc(=O)n3C)C1. The highest BCUT2D eigenvalue weighted by Crippen LogP contribution is 2.31. The van der Waals surface area contributed by atoms with Gasteiger partial charge in [0.15, 0.2) is 5.58 Å². The molecule has 3 rings (SSSR count). The number of aromatic nitrogens is 1. The molecule has 12 heteroatoms. The summed E-state index contributed by atoms with van der Waals surface area (Å²) in [6.07, 6.45) is 1.71. The predicted molar refractivity (Wildman–Crippen MR) is 102 cm³/mol. The Kier molecular flexibility index (Phi) is 5.44. The van der Waals surface area contributed by atoms with E-state index in [0.29, 0.717) is 18.4 Å². The molecule has 0 aliphatic carbocycles. The highest BCUT2D eigenvalue weighted by Gasteiger charge is 2.44. The Morgan fingerprint density at radius 3 is 2.64 bits per heavy atom. The monoisotopic (exact) mass is 433 g/mol. The van der Waals surface area contributed by atoms with Gasteiger partial charge in [0.2, 0.25) is 20.0 Å². The number of oxazole rings is 1. The van der Waals surface area contributed by atoms with Gasteiger partial charge in [0, 0.05) is 45.5 Å². The summed E-state index contributed by atoms with van der Waals surface area (Å²) >= 11 is 0. The lowest BCUT2D eigenvalue weighted by molar-refractivity contribution is 0.165. The molecule has 1 N–H and O–H groups in total. The van der Waals surface area contributed by atoms with Crippen molar-refractivity contribution in [2.75, 3.05) is 33.1 Å². The van der Waals surface area contributed by atoms with Gasteiger partial charge in [-0.1, -0.05) is 0 Å². The summed E-state index contributed by atoms with van der Waals surface area (Å²) in [5, 5.41) is 0. The predicted octanol–water partition coefficient (Wildman–Crippen LogP) is -0.150. The van der Waals surface area contributed by atoms with Crippen LogP contribution in [0, 0.1) is 0 Å². The number of nitrogens with zero attached hydrogens (tertiary/aromatic N) is 2. The zero-order valence-electron chi connectivity index (χ0n) is 15.8. The molecule has 2 heterocycles. The summed E-state index contributed by atoms with van der Waals surface area (Å²) < 4.78 is 65.0. The molecule has 0 radical (unpaired) electrons. The van der Waals surface area contributed by atoms with Crippen molar-refractivity contribution >= 4 is 31.1 Å². The van der Waals surface area contributed by atoms with Gasteiger partial charge in [-0.05, 0) is 25.0 Å². The maximum absolute atomic E-state index is 13.1. The van der Waals surface area contributed by atoms with Crippen LogP contribution in [0.15, 0.2) is 32.3 Å². The Balaban J connectivity index is 1.93. The van der Waals surface area contributed by atoms with Gasteiger partial charge in [0.1, 0.15) is 0 Å². The van der Waals surface area contributed by atoms with Crippen molar-refractivity contribution in [2.45, 2.75) is 23.3 Å². The van der Waals surface area contributed by atoms with Gasteiger partial charge >= 0.3 is 5.76 Å². The fourth-order valence-corrected chi connectivity index (χ4v) is 6.09. The van der Waals surface area contributed by atoms with Crippen molar-refractivity contribution < 1.29 is 26.0 Å². The maximum Gasteiger partial charge on any atom is 0.419 e. The lowest BCUT2D eigenvalue weighted by atomic mass is 9.96. The second kappa shape index (κ2) is 7.26. The quantitative estimate of drug-likeness (QED) is 0.643. The van der Waals surface area contributed by atoms with Crippen LogP contribution in [0.3, 0.4) is 0 Å². The van der Waals surface area contributed by atoms with E-state index in [1.54, 1.807) is 0 Å². The summed E-state index contributed by atoms with van der Waals surface area (Å²) in [5.41, 5.74) is -0.272. The highest BCUT2D eigenvalue weighted by molar-refractivity contribution is 7.89. The summed E-state index contributed by atoms with van der Waals surface area (Å²) in [5.74, 6) is -0.582. The van der Waals surface area contributed by atoms with Gasteiger partial charge in [-0.15, -0.1) is 0 Å². The molecule has 1 unspecified atom stereocenters. The average Bonchev–Trinajstić information content (AvgIpc) is 3.14. The van der Waals surface area contributed by atoms with E-state index in [-0.39, 0.29) is 30.2 Å². The third-order valence-electron chi connectivity index (χ3n) is 4.91. The molecule has 1 aromatic carbocycles. The van der Waals surface area contributed by atoms with Crippen LogP contribution in [-0.2, 0) is 31.8 Å². The second-order valence-corrected chi connectivity index (χ2v) is 10.7. The van der Waals surface area contributed by atoms with Crippen molar-refractivity contribution in [3.63, 3.8) is 0 Å². The third kappa shape index (κ3) is 4.01. The van der Waals surface area contributed by atoms with Crippen molar-refractivity contribution in [1.29, 1.82) is 0 Å². The molecule has 28 heavy (non-hydrogen) atoms. The van der Waals surface area contributed by atoms with Crippen LogP contribution in [0.4, 0.5) is 0 Å². The number of fused-ring (bicyclic) bond motifs is 1. The fraction of sp³-hybridized carbons (Fsp3) is 0.562. The van der Waals surface area contributed by atoms with Gasteiger partial charge in [0.25, 0.3) is 0 Å². The van der Waals surface area contributed by atoms with Crippen LogP contribution in [0.1, 0.15) is 12.8 Å². The smallest absolute Gasteiger partial charge is 0.408 e. The maximum atomic E-state index is 13.1. The first kappa shape index (κ1) is 21.0. The molecular formula is C16H23N3O7S2. The van der Waals surface area contributed by atoms with Gasteiger partial charge < -0.3 is 9.15 Å². The molecule has 1 aliphatic heterocycles. The van der Waals surface area contributed by atoms with E-state index in [0.717, 1.165) is 6.26 Å². The molecular weight excluding hydrogens is 410 g/mol. The zero-order chi connectivity index (χ0) is 20.7. The molecule has 0 amide bonds. The molecule has 0 saturated carbocycles. The zero-order valence-corrected chi connectivity index (χ0v) is 17.5. The number of sulfonamides is 2. The Labute approximate surface area is 163 Å². The molecule has 10 nitrogen and oxygen atoms in total. The van der Waals surface area contributed by atoms with Gasteiger partial charge in [-0.25, -0.2) is 26.4 Å². The van der Waals surface area contributed by atoms with Gasteiger partial charge in [-0.2, -0.15) is 4.31 Å². The van der Waals surface area contributed by atoms with E-state index in [1.165, 1.54) is 41.2 Å². The molecule has 1 fully saturated rings. The minimum absolute atomic E-state index is 0.0114. The molecule has 156 valence electrons. The molecule has 2 aromatic rings. The number of rotatable bonds is 7. The first-order chi connectivity index (χ1) is 13.0. The van der Waals surface area contributed by atoms with Crippen LogP contribution in [0.25, 0.3) is 11.1 Å².